The third-order valence-electron chi connectivity index (χ3n) is 4.60. The number of benzene rings is 2. The Balaban J connectivity index is 1.63. The van der Waals surface area contributed by atoms with Crippen LogP contribution in [-0.4, -0.2) is 32.6 Å². The molecule has 0 unspecified atom stereocenters. The van der Waals surface area contributed by atoms with Crippen molar-refractivity contribution in [2.75, 3.05) is 26.1 Å². The van der Waals surface area contributed by atoms with E-state index in [0.29, 0.717) is 36.2 Å². The molecule has 0 bridgehead atoms. The smallest absolute Gasteiger partial charge is 0.291 e. The highest BCUT2D eigenvalue weighted by atomic mass is 16.5. The number of aliphatic imine (C=N–C) groups is 1. The van der Waals surface area contributed by atoms with E-state index >= 15 is 0 Å². The van der Waals surface area contributed by atoms with E-state index in [1.807, 2.05) is 49.4 Å². The van der Waals surface area contributed by atoms with Crippen LogP contribution in [0.5, 0.6) is 11.5 Å². The van der Waals surface area contributed by atoms with Gasteiger partial charge in [-0.05, 0) is 54.4 Å². The summed E-state index contributed by atoms with van der Waals surface area (Å²) >= 11 is 0. The molecular weight excluding hydrogens is 408 g/mol. The topological polar surface area (TPSA) is 97.1 Å². The van der Waals surface area contributed by atoms with Crippen molar-refractivity contribution >= 4 is 17.6 Å². The highest BCUT2D eigenvalue weighted by molar-refractivity contribution is 6.02. The first-order valence-corrected chi connectivity index (χ1v) is 10.3. The van der Waals surface area contributed by atoms with Gasteiger partial charge in [0.1, 0.15) is 0 Å². The van der Waals surface area contributed by atoms with E-state index in [1.54, 1.807) is 26.4 Å². The molecule has 0 radical (unpaired) electrons. The molecule has 0 saturated carbocycles. The van der Waals surface area contributed by atoms with Crippen molar-refractivity contribution in [3.63, 3.8) is 0 Å². The van der Waals surface area contributed by atoms with E-state index in [4.69, 9.17) is 13.9 Å². The van der Waals surface area contributed by atoms with E-state index in [0.717, 1.165) is 17.7 Å². The lowest BCUT2D eigenvalue weighted by atomic mass is 10.2. The van der Waals surface area contributed by atoms with Gasteiger partial charge >= 0.3 is 0 Å². The predicted octanol–water partition coefficient (Wildman–Crippen LogP) is 3.80. The molecule has 0 aliphatic carbocycles. The summed E-state index contributed by atoms with van der Waals surface area (Å²) in [5.74, 6) is 2.04. The third kappa shape index (κ3) is 6.28. The summed E-state index contributed by atoms with van der Waals surface area (Å²) in [6.07, 6.45) is 1.47. The maximum absolute atomic E-state index is 12.2. The van der Waals surface area contributed by atoms with Gasteiger partial charge in [-0.2, -0.15) is 0 Å². The Labute approximate surface area is 187 Å². The van der Waals surface area contributed by atoms with Gasteiger partial charge in [-0.1, -0.05) is 18.2 Å². The number of nitrogens with zero attached hydrogens (tertiary/aromatic N) is 1. The molecule has 0 aliphatic rings. The van der Waals surface area contributed by atoms with Crippen LogP contribution in [0.25, 0.3) is 0 Å². The summed E-state index contributed by atoms with van der Waals surface area (Å²) in [6.45, 7) is 3.77. The zero-order valence-corrected chi connectivity index (χ0v) is 18.5. The summed E-state index contributed by atoms with van der Waals surface area (Å²) in [5, 5.41) is 9.39. The Morgan fingerprint density at radius 2 is 1.81 bits per heavy atom. The number of methoxy groups -OCH3 is 2. The van der Waals surface area contributed by atoms with Crippen LogP contribution < -0.4 is 25.4 Å². The Kier molecular flexibility index (Phi) is 8.14. The number of carbonyl (C=O) groups excluding carboxylic acids is 1. The molecule has 8 nitrogen and oxygen atoms in total. The van der Waals surface area contributed by atoms with E-state index in [2.05, 4.69) is 20.9 Å². The molecule has 8 heteroatoms. The summed E-state index contributed by atoms with van der Waals surface area (Å²) in [5.41, 5.74) is 2.68. The van der Waals surface area contributed by atoms with Crippen molar-refractivity contribution in [2.24, 2.45) is 4.99 Å². The van der Waals surface area contributed by atoms with Crippen LogP contribution in [0.15, 0.2) is 70.3 Å². The van der Waals surface area contributed by atoms with Crippen LogP contribution >= 0.6 is 0 Å². The third-order valence-corrected chi connectivity index (χ3v) is 4.60. The van der Waals surface area contributed by atoms with Gasteiger partial charge in [-0.25, -0.2) is 4.99 Å². The molecule has 2 aromatic carbocycles. The normalized spacial score (nSPS) is 11.0. The molecule has 0 saturated heterocycles. The largest absolute Gasteiger partial charge is 0.493 e. The number of hydrogen-bond donors (Lipinski definition) is 3. The molecule has 3 aromatic rings. The lowest BCUT2D eigenvalue weighted by molar-refractivity contribution is 0.0996. The number of carbonyl (C=O) groups is 1. The standard InChI is InChI=1S/C24H28N4O4/c1-4-25-24(27-16-18-10-11-20(30-2)22(14-18)31-3)26-15-17-7-5-8-19(13-17)28-23(29)21-9-6-12-32-21/h5-14H,4,15-16H2,1-3H3,(H,28,29)(H2,25,26,27). The lowest BCUT2D eigenvalue weighted by Crippen LogP contribution is -2.36. The highest BCUT2D eigenvalue weighted by Crippen LogP contribution is 2.27. The van der Waals surface area contributed by atoms with Gasteiger partial charge in [-0.15, -0.1) is 0 Å². The number of nitrogens with one attached hydrogen (secondary N) is 3. The quantitative estimate of drug-likeness (QED) is 0.349. The molecule has 0 atom stereocenters. The van der Waals surface area contributed by atoms with Crippen LogP contribution in [0.2, 0.25) is 0 Å². The fourth-order valence-corrected chi connectivity index (χ4v) is 3.04. The lowest BCUT2D eigenvalue weighted by Gasteiger charge is -2.13. The van der Waals surface area contributed by atoms with E-state index in [-0.39, 0.29) is 11.7 Å². The van der Waals surface area contributed by atoms with Crippen molar-refractivity contribution in [3.05, 3.63) is 77.7 Å². The van der Waals surface area contributed by atoms with Crippen molar-refractivity contribution in [2.45, 2.75) is 20.0 Å². The number of rotatable bonds is 9. The van der Waals surface area contributed by atoms with Gasteiger partial charge in [0.15, 0.2) is 23.2 Å². The first-order chi connectivity index (χ1) is 15.6. The number of ether oxygens (including phenoxy) is 2. The number of hydrogen-bond acceptors (Lipinski definition) is 5. The maximum atomic E-state index is 12.2. The van der Waals surface area contributed by atoms with E-state index in [9.17, 15) is 4.79 Å². The minimum absolute atomic E-state index is 0.266. The van der Waals surface area contributed by atoms with Crippen LogP contribution in [0.1, 0.15) is 28.6 Å². The fraction of sp³-hybridized carbons (Fsp3) is 0.250. The van der Waals surface area contributed by atoms with Crippen LogP contribution in [-0.2, 0) is 13.1 Å². The Morgan fingerprint density at radius 1 is 0.969 bits per heavy atom. The number of guanidine groups is 1. The average Bonchev–Trinajstić information content (AvgIpc) is 3.36. The number of furan rings is 1. The highest BCUT2D eigenvalue weighted by Gasteiger charge is 2.09. The zero-order chi connectivity index (χ0) is 22.8. The van der Waals surface area contributed by atoms with Gasteiger partial charge in [0.2, 0.25) is 0 Å². The Hall–Kier alpha value is -3.94. The molecule has 3 N–H and O–H groups in total. The molecule has 3 rings (SSSR count). The summed E-state index contributed by atoms with van der Waals surface area (Å²) in [4.78, 5) is 16.8. The number of amides is 1. The second-order valence-corrected chi connectivity index (χ2v) is 6.87. The van der Waals surface area contributed by atoms with E-state index < -0.39 is 0 Å². The minimum atomic E-state index is -0.291. The van der Waals surface area contributed by atoms with Gasteiger partial charge in [-0.3, -0.25) is 4.79 Å². The average molecular weight is 437 g/mol. The van der Waals surface area contributed by atoms with Crippen molar-refractivity contribution < 1.29 is 18.7 Å². The summed E-state index contributed by atoms with van der Waals surface area (Å²) in [7, 11) is 3.23. The first-order valence-electron chi connectivity index (χ1n) is 10.3. The van der Waals surface area contributed by atoms with Gasteiger partial charge in [0, 0.05) is 18.8 Å². The predicted molar refractivity (Wildman–Crippen MR) is 124 cm³/mol. The van der Waals surface area contributed by atoms with Crippen molar-refractivity contribution in [1.29, 1.82) is 0 Å². The molecule has 0 aliphatic heterocycles. The molecule has 32 heavy (non-hydrogen) atoms. The zero-order valence-electron chi connectivity index (χ0n) is 18.5. The molecule has 0 spiro atoms. The van der Waals surface area contributed by atoms with Gasteiger partial charge in [0.25, 0.3) is 5.91 Å². The van der Waals surface area contributed by atoms with Gasteiger partial charge < -0.3 is 29.8 Å². The molecular formula is C24H28N4O4. The first kappa shape index (κ1) is 22.7. The molecule has 1 heterocycles. The van der Waals surface area contributed by atoms with Crippen LogP contribution in [0, 0.1) is 0 Å². The maximum Gasteiger partial charge on any atom is 0.291 e. The summed E-state index contributed by atoms with van der Waals surface area (Å²) in [6, 6.07) is 16.6. The monoisotopic (exact) mass is 436 g/mol. The minimum Gasteiger partial charge on any atom is -0.493 e. The van der Waals surface area contributed by atoms with Crippen LogP contribution in [0.3, 0.4) is 0 Å². The van der Waals surface area contributed by atoms with E-state index in [1.165, 1.54) is 6.26 Å². The van der Waals surface area contributed by atoms with Crippen LogP contribution in [0.4, 0.5) is 5.69 Å². The molecule has 168 valence electrons. The SMILES string of the molecule is CCNC(=NCc1cccc(NC(=O)c2ccco2)c1)NCc1ccc(OC)c(OC)c1. The Morgan fingerprint density at radius 3 is 2.53 bits per heavy atom. The number of anilines is 1. The Bertz CT molecular complexity index is 1050. The van der Waals surface area contributed by atoms with Crippen molar-refractivity contribution in [1.82, 2.24) is 10.6 Å². The molecule has 1 aromatic heterocycles. The second-order valence-electron chi connectivity index (χ2n) is 6.87. The van der Waals surface area contributed by atoms with Crippen molar-refractivity contribution in [3.8, 4) is 11.5 Å². The fourth-order valence-electron chi connectivity index (χ4n) is 3.04. The second kappa shape index (κ2) is 11.5. The van der Waals surface area contributed by atoms with Gasteiger partial charge in [0.05, 0.1) is 27.0 Å². The molecule has 0 fully saturated rings. The summed E-state index contributed by atoms with van der Waals surface area (Å²) < 4.78 is 15.8. The molecule has 1 amide bonds.